The molecule has 1 aromatic heterocycles. The van der Waals surface area contributed by atoms with Gasteiger partial charge in [0.05, 0.1) is 24.6 Å². The molecule has 0 saturated heterocycles. The van der Waals surface area contributed by atoms with E-state index in [1.165, 1.54) is 11.1 Å². The first-order chi connectivity index (χ1) is 16.1. The lowest BCUT2D eigenvalue weighted by molar-refractivity contribution is -0.136. The Balaban J connectivity index is 1.31. The van der Waals surface area contributed by atoms with Gasteiger partial charge < -0.3 is 23.4 Å². The maximum Gasteiger partial charge on any atom is 0.338 e. The van der Waals surface area contributed by atoms with Gasteiger partial charge in [-0.3, -0.25) is 4.79 Å². The number of nitrogens with zero attached hydrogens (tertiary/aromatic N) is 2. The molecule has 2 aliphatic heterocycles. The van der Waals surface area contributed by atoms with Crippen molar-refractivity contribution >= 4 is 17.6 Å². The number of furan rings is 1. The molecule has 2 aromatic carbocycles. The summed E-state index contributed by atoms with van der Waals surface area (Å²) >= 11 is 0. The zero-order valence-electron chi connectivity index (χ0n) is 17.7. The Kier molecular flexibility index (Phi) is 5.43. The maximum absolute atomic E-state index is 13.0. The van der Waals surface area contributed by atoms with Crippen molar-refractivity contribution in [3.8, 4) is 17.2 Å². The normalized spacial score (nSPS) is 16.5. The van der Waals surface area contributed by atoms with Crippen LogP contribution in [-0.4, -0.2) is 43.1 Å². The minimum absolute atomic E-state index is 0.101. The molecule has 3 heterocycles. The number of benzene rings is 2. The van der Waals surface area contributed by atoms with Crippen LogP contribution in [0.2, 0.25) is 0 Å². The summed E-state index contributed by atoms with van der Waals surface area (Å²) in [5.74, 6) is 1.23. The number of esters is 1. The van der Waals surface area contributed by atoms with Gasteiger partial charge in [-0.1, -0.05) is 0 Å². The molecule has 5 rings (SSSR count). The first-order valence-electron chi connectivity index (χ1n) is 10.3. The van der Waals surface area contributed by atoms with Crippen molar-refractivity contribution in [2.45, 2.75) is 12.5 Å². The molecule has 168 valence electrons. The summed E-state index contributed by atoms with van der Waals surface area (Å²) in [5.41, 5.74) is 1.84. The molecule has 0 spiro atoms. The van der Waals surface area contributed by atoms with Crippen LogP contribution in [0.1, 0.15) is 34.1 Å². The van der Waals surface area contributed by atoms with Crippen molar-refractivity contribution in [1.82, 2.24) is 5.01 Å². The Morgan fingerprint density at radius 1 is 1.09 bits per heavy atom. The number of ether oxygens (including phenoxy) is 4. The molecule has 0 aliphatic carbocycles. The standard InChI is InChI=1S/C24H20N2O7/c1-29-17-7-4-15(5-8-17)18-12-19(20-3-2-10-30-20)26(25-18)23(27)13-31-24(28)16-6-9-21-22(11-16)33-14-32-21/h2-11,19H,12-14H2,1H3. The largest absolute Gasteiger partial charge is 0.497 e. The highest BCUT2D eigenvalue weighted by atomic mass is 16.7. The molecule has 3 aromatic rings. The highest BCUT2D eigenvalue weighted by molar-refractivity contribution is 6.03. The Labute approximate surface area is 189 Å². The zero-order chi connectivity index (χ0) is 22.8. The van der Waals surface area contributed by atoms with Gasteiger partial charge in [0.2, 0.25) is 6.79 Å². The van der Waals surface area contributed by atoms with Gasteiger partial charge in [0.15, 0.2) is 18.1 Å². The molecule has 0 N–H and O–H groups in total. The van der Waals surface area contributed by atoms with Crippen LogP contribution in [0.15, 0.2) is 70.4 Å². The number of fused-ring (bicyclic) bond motifs is 1. The van der Waals surface area contributed by atoms with E-state index in [2.05, 4.69) is 5.10 Å². The van der Waals surface area contributed by atoms with Gasteiger partial charge in [-0.25, -0.2) is 9.80 Å². The van der Waals surface area contributed by atoms with E-state index in [1.807, 2.05) is 24.3 Å². The van der Waals surface area contributed by atoms with Crippen molar-refractivity contribution in [2.24, 2.45) is 5.10 Å². The average Bonchev–Trinajstić information content (AvgIpc) is 3.61. The molecule has 0 bridgehead atoms. The van der Waals surface area contributed by atoms with Crippen LogP contribution in [-0.2, 0) is 9.53 Å². The van der Waals surface area contributed by atoms with E-state index in [-0.39, 0.29) is 12.4 Å². The van der Waals surface area contributed by atoms with Crippen LogP contribution in [0.25, 0.3) is 0 Å². The van der Waals surface area contributed by atoms with Gasteiger partial charge in [-0.15, -0.1) is 0 Å². The molecule has 2 aliphatic rings. The lowest BCUT2D eigenvalue weighted by Crippen LogP contribution is -2.31. The molecule has 9 heteroatoms. The van der Waals surface area contributed by atoms with Crippen LogP contribution in [0.3, 0.4) is 0 Å². The Hall–Kier alpha value is -4.27. The Bertz CT molecular complexity index is 1200. The highest BCUT2D eigenvalue weighted by Gasteiger charge is 2.35. The lowest BCUT2D eigenvalue weighted by atomic mass is 10.0. The third-order valence-corrected chi connectivity index (χ3v) is 5.40. The number of hydrazone groups is 1. The number of amides is 1. The average molecular weight is 448 g/mol. The number of carbonyl (C=O) groups is 2. The molecule has 1 atom stereocenters. The second-order valence-corrected chi connectivity index (χ2v) is 7.39. The van der Waals surface area contributed by atoms with Crippen molar-refractivity contribution in [1.29, 1.82) is 0 Å². The molecule has 1 unspecified atom stereocenters. The first-order valence-corrected chi connectivity index (χ1v) is 10.3. The summed E-state index contributed by atoms with van der Waals surface area (Å²) in [4.78, 5) is 25.5. The van der Waals surface area contributed by atoms with E-state index < -0.39 is 24.5 Å². The van der Waals surface area contributed by atoms with Crippen molar-refractivity contribution in [3.63, 3.8) is 0 Å². The van der Waals surface area contributed by atoms with Gasteiger partial charge in [-0.05, 0) is 60.2 Å². The van der Waals surface area contributed by atoms with Gasteiger partial charge in [0.25, 0.3) is 5.91 Å². The van der Waals surface area contributed by atoms with E-state index in [9.17, 15) is 9.59 Å². The summed E-state index contributed by atoms with van der Waals surface area (Å²) in [6.07, 6.45) is 2.00. The van der Waals surface area contributed by atoms with Crippen molar-refractivity contribution in [2.75, 3.05) is 20.5 Å². The highest BCUT2D eigenvalue weighted by Crippen LogP contribution is 2.34. The second kappa shape index (κ2) is 8.70. The van der Waals surface area contributed by atoms with Crippen molar-refractivity contribution in [3.05, 3.63) is 77.7 Å². The fourth-order valence-electron chi connectivity index (χ4n) is 3.70. The first kappa shape index (κ1) is 20.6. The van der Waals surface area contributed by atoms with Gasteiger partial charge in [0, 0.05) is 6.42 Å². The number of methoxy groups -OCH3 is 1. The summed E-state index contributed by atoms with van der Waals surface area (Å²) in [5, 5.41) is 5.83. The van der Waals surface area contributed by atoms with Crippen LogP contribution in [0.5, 0.6) is 17.2 Å². The molecular formula is C24H20N2O7. The fourth-order valence-corrected chi connectivity index (χ4v) is 3.70. The minimum atomic E-state index is -0.644. The number of rotatable bonds is 6. The Morgan fingerprint density at radius 3 is 2.67 bits per heavy atom. The van der Waals surface area contributed by atoms with Crippen LogP contribution in [0.4, 0.5) is 0 Å². The summed E-state index contributed by atoms with van der Waals surface area (Å²) in [6, 6.07) is 15.2. The van der Waals surface area contributed by atoms with Crippen LogP contribution < -0.4 is 14.2 Å². The molecule has 0 fully saturated rings. The van der Waals surface area contributed by atoms with E-state index in [0.717, 1.165) is 17.0 Å². The van der Waals surface area contributed by atoms with E-state index in [0.29, 0.717) is 23.7 Å². The quantitative estimate of drug-likeness (QED) is 0.532. The fraction of sp³-hybridized carbons (Fsp3) is 0.208. The molecule has 1 amide bonds. The van der Waals surface area contributed by atoms with Gasteiger partial charge in [0.1, 0.15) is 17.6 Å². The van der Waals surface area contributed by atoms with E-state index in [4.69, 9.17) is 23.4 Å². The topological polar surface area (TPSA) is 99.8 Å². The summed E-state index contributed by atoms with van der Waals surface area (Å²) in [7, 11) is 1.60. The summed E-state index contributed by atoms with van der Waals surface area (Å²) in [6.45, 7) is -0.367. The SMILES string of the molecule is COc1ccc(C2=NN(C(=O)COC(=O)c3ccc4c(c3)OCO4)C(c3ccco3)C2)cc1. The number of hydrogen-bond donors (Lipinski definition) is 0. The smallest absolute Gasteiger partial charge is 0.338 e. The van der Waals surface area contributed by atoms with Gasteiger partial charge in [-0.2, -0.15) is 5.10 Å². The third kappa shape index (κ3) is 4.12. The molecule has 33 heavy (non-hydrogen) atoms. The van der Waals surface area contributed by atoms with Crippen molar-refractivity contribution < 1.29 is 33.0 Å². The molecule has 9 nitrogen and oxygen atoms in total. The Morgan fingerprint density at radius 2 is 1.91 bits per heavy atom. The zero-order valence-corrected chi connectivity index (χ0v) is 17.7. The third-order valence-electron chi connectivity index (χ3n) is 5.40. The number of hydrogen-bond acceptors (Lipinski definition) is 8. The minimum Gasteiger partial charge on any atom is -0.497 e. The van der Waals surface area contributed by atoms with E-state index >= 15 is 0 Å². The van der Waals surface area contributed by atoms with Crippen LogP contribution in [0, 0.1) is 0 Å². The predicted octanol–water partition coefficient (Wildman–Crippen LogP) is 3.55. The van der Waals surface area contributed by atoms with Gasteiger partial charge >= 0.3 is 5.97 Å². The predicted molar refractivity (Wildman–Crippen MR) is 115 cm³/mol. The van der Waals surface area contributed by atoms with E-state index in [1.54, 1.807) is 37.6 Å². The second-order valence-electron chi connectivity index (χ2n) is 7.39. The monoisotopic (exact) mass is 448 g/mol. The lowest BCUT2D eigenvalue weighted by Gasteiger charge is -2.19. The summed E-state index contributed by atoms with van der Waals surface area (Å²) < 4.78 is 26.5. The van der Waals surface area contributed by atoms with Crippen LogP contribution >= 0.6 is 0 Å². The number of carbonyl (C=O) groups excluding carboxylic acids is 2. The molecule has 0 radical (unpaired) electrons. The molecule has 0 saturated carbocycles. The molecular weight excluding hydrogens is 428 g/mol. The maximum atomic E-state index is 13.0.